The molecule has 1 aliphatic heterocycles. The van der Waals surface area contributed by atoms with Crippen LogP contribution in [0.15, 0.2) is 54.9 Å². The Balaban J connectivity index is 1.44. The van der Waals surface area contributed by atoms with E-state index in [1.54, 1.807) is 12.0 Å². The molecule has 4 rings (SSSR count). The Morgan fingerprint density at radius 2 is 1.82 bits per heavy atom. The molecule has 0 radical (unpaired) electrons. The highest BCUT2D eigenvalue weighted by molar-refractivity contribution is 5.73. The van der Waals surface area contributed by atoms with E-state index in [1.165, 1.54) is 6.92 Å². The van der Waals surface area contributed by atoms with Crippen LogP contribution in [0.1, 0.15) is 23.6 Å². The van der Waals surface area contributed by atoms with Gasteiger partial charge in [-0.1, -0.05) is 23.8 Å². The van der Waals surface area contributed by atoms with Gasteiger partial charge in [0.25, 0.3) is 0 Å². The van der Waals surface area contributed by atoms with Gasteiger partial charge in [-0.15, -0.1) is 0 Å². The van der Waals surface area contributed by atoms with Crippen molar-refractivity contribution in [2.75, 3.05) is 46.5 Å². The molecule has 1 aromatic heterocycles. The van der Waals surface area contributed by atoms with E-state index in [9.17, 15) is 9.90 Å². The van der Waals surface area contributed by atoms with Crippen molar-refractivity contribution in [2.24, 2.45) is 0 Å². The normalized spacial score (nSPS) is 18.2. The van der Waals surface area contributed by atoms with Crippen molar-refractivity contribution < 1.29 is 24.1 Å². The highest BCUT2D eigenvalue weighted by Crippen LogP contribution is 2.29. The molecule has 2 heterocycles. The smallest absolute Gasteiger partial charge is 0.219 e. The van der Waals surface area contributed by atoms with Crippen LogP contribution in [0.3, 0.4) is 0 Å². The number of carbonyl (C=O) groups excluding carboxylic acids is 1. The van der Waals surface area contributed by atoms with Gasteiger partial charge in [0, 0.05) is 39.3 Å². The molecule has 9 heteroatoms. The fourth-order valence-electron chi connectivity index (χ4n) is 4.62. The average molecular weight is 523 g/mol. The lowest BCUT2D eigenvalue weighted by molar-refractivity contribution is -0.132. The Morgan fingerprint density at radius 1 is 1.03 bits per heavy atom. The fraction of sp³-hybridized carbons (Fsp3) is 0.448. The third-order valence-electron chi connectivity index (χ3n) is 6.64. The molecule has 2 aromatic carbocycles. The molecule has 1 N–H and O–H groups in total. The zero-order valence-corrected chi connectivity index (χ0v) is 22.7. The minimum absolute atomic E-state index is 0.0619. The number of aryl methyl sites for hydroxylation is 2. The van der Waals surface area contributed by atoms with Crippen LogP contribution in [0, 0.1) is 13.8 Å². The van der Waals surface area contributed by atoms with Gasteiger partial charge < -0.3 is 24.2 Å². The molecule has 0 saturated carbocycles. The lowest BCUT2D eigenvalue weighted by Gasteiger charge is -2.32. The van der Waals surface area contributed by atoms with E-state index >= 15 is 0 Å². The number of rotatable bonds is 10. The summed E-state index contributed by atoms with van der Waals surface area (Å²) in [6.45, 7) is 9.05. The summed E-state index contributed by atoms with van der Waals surface area (Å²) < 4.78 is 19.4. The molecule has 1 fully saturated rings. The van der Waals surface area contributed by atoms with Crippen molar-refractivity contribution in [1.29, 1.82) is 0 Å². The molecule has 0 spiro atoms. The minimum Gasteiger partial charge on any atom is -0.493 e. The molecule has 204 valence electrons. The topological polar surface area (TPSA) is 89.3 Å². The van der Waals surface area contributed by atoms with Crippen molar-refractivity contribution in [1.82, 2.24) is 19.6 Å². The summed E-state index contributed by atoms with van der Waals surface area (Å²) in [4.78, 5) is 16.1. The van der Waals surface area contributed by atoms with Gasteiger partial charge in [0.15, 0.2) is 11.5 Å². The van der Waals surface area contributed by atoms with Gasteiger partial charge in [-0.3, -0.25) is 14.4 Å². The van der Waals surface area contributed by atoms with E-state index in [2.05, 4.69) is 10.00 Å². The Labute approximate surface area is 224 Å². The molecule has 1 aliphatic rings. The van der Waals surface area contributed by atoms with Crippen LogP contribution >= 0.6 is 0 Å². The first-order valence-corrected chi connectivity index (χ1v) is 12.9. The quantitative estimate of drug-likeness (QED) is 0.438. The highest BCUT2D eigenvalue weighted by Gasteiger charge is 2.37. The maximum absolute atomic E-state index is 12.3. The van der Waals surface area contributed by atoms with Crippen molar-refractivity contribution >= 4 is 5.91 Å². The average Bonchev–Trinajstić information content (AvgIpc) is 3.22. The SMILES string of the molecule is COc1ccc(CN2CCN(C(C)=O)C[C@@](O)(COc3ccc(C)cc3)C2)cc1OCCn1cc(C)cn1. The van der Waals surface area contributed by atoms with Crippen molar-refractivity contribution in [3.63, 3.8) is 0 Å². The predicted octanol–water partition coefficient (Wildman–Crippen LogP) is 3.06. The van der Waals surface area contributed by atoms with Gasteiger partial charge in [-0.05, 0) is 49.2 Å². The molecule has 0 aliphatic carbocycles. The number of nitrogens with zero attached hydrogens (tertiary/aromatic N) is 4. The summed E-state index contributed by atoms with van der Waals surface area (Å²) in [6, 6.07) is 13.6. The number of aromatic nitrogens is 2. The van der Waals surface area contributed by atoms with E-state index in [0.717, 1.165) is 16.7 Å². The number of carbonyl (C=O) groups is 1. The van der Waals surface area contributed by atoms with Crippen LogP contribution in [-0.2, 0) is 17.9 Å². The zero-order chi connectivity index (χ0) is 27.1. The summed E-state index contributed by atoms with van der Waals surface area (Å²) in [7, 11) is 1.62. The lowest BCUT2D eigenvalue weighted by Crippen LogP contribution is -2.51. The first kappa shape index (κ1) is 27.5. The number of methoxy groups -OCH3 is 1. The fourth-order valence-corrected chi connectivity index (χ4v) is 4.62. The first-order valence-electron chi connectivity index (χ1n) is 12.9. The Kier molecular flexibility index (Phi) is 8.91. The van der Waals surface area contributed by atoms with Crippen molar-refractivity contribution in [3.8, 4) is 17.2 Å². The summed E-state index contributed by atoms with van der Waals surface area (Å²) in [5.41, 5.74) is 2.04. The monoisotopic (exact) mass is 522 g/mol. The molecule has 1 atom stereocenters. The molecule has 0 bridgehead atoms. The molecule has 1 saturated heterocycles. The van der Waals surface area contributed by atoms with Gasteiger partial charge >= 0.3 is 0 Å². The van der Waals surface area contributed by atoms with Crippen LogP contribution in [0.25, 0.3) is 0 Å². The second-order valence-corrected chi connectivity index (χ2v) is 10.1. The number of β-amino-alcohol motifs (C(OH)–C–C–N with tert-alkyl or cyclic N) is 1. The van der Waals surface area contributed by atoms with Gasteiger partial charge in [-0.2, -0.15) is 5.10 Å². The van der Waals surface area contributed by atoms with Crippen LogP contribution in [0.4, 0.5) is 0 Å². The van der Waals surface area contributed by atoms with Crippen LogP contribution < -0.4 is 14.2 Å². The van der Waals surface area contributed by atoms with E-state index in [4.69, 9.17) is 14.2 Å². The number of ether oxygens (including phenoxy) is 3. The number of hydrogen-bond acceptors (Lipinski definition) is 7. The lowest BCUT2D eigenvalue weighted by atomic mass is 10.0. The summed E-state index contributed by atoms with van der Waals surface area (Å²) in [6.07, 6.45) is 3.80. The van der Waals surface area contributed by atoms with E-state index in [-0.39, 0.29) is 19.1 Å². The second-order valence-electron chi connectivity index (χ2n) is 10.1. The van der Waals surface area contributed by atoms with Gasteiger partial charge in [0.2, 0.25) is 5.91 Å². The van der Waals surface area contributed by atoms with E-state index < -0.39 is 5.60 Å². The van der Waals surface area contributed by atoms with Gasteiger partial charge in [0.05, 0.1) is 26.4 Å². The summed E-state index contributed by atoms with van der Waals surface area (Å²) in [5, 5.41) is 15.9. The van der Waals surface area contributed by atoms with Gasteiger partial charge in [0.1, 0.15) is 24.6 Å². The number of amides is 1. The maximum atomic E-state index is 12.3. The zero-order valence-electron chi connectivity index (χ0n) is 22.7. The molecule has 3 aromatic rings. The summed E-state index contributed by atoms with van der Waals surface area (Å²) >= 11 is 0. The molecular formula is C29H38N4O5. The molecular weight excluding hydrogens is 484 g/mol. The molecule has 38 heavy (non-hydrogen) atoms. The Hall–Kier alpha value is -3.56. The highest BCUT2D eigenvalue weighted by atomic mass is 16.5. The standard InChI is InChI=1S/C29H38N4O5/c1-22-5-8-26(9-6-22)38-21-29(35)19-31(11-12-32(20-29)24(3)34)18-25-7-10-27(36-4)28(15-25)37-14-13-33-17-23(2)16-30-33/h5-10,15-17,35H,11-14,18-21H2,1-4H3/t29-/m1/s1. The van der Waals surface area contributed by atoms with Crippen LogP contribution in [0.2, 0.25) is 0 Å². The predicted molar refractivity (Wildman–Crippen MR) is 145 cm³/mol. The number of hydrogen-bond donors (Lipinski definition) is 1. The van der Waals surface area contributed by atoms with Crippen molar-refractivity contribution in [2.45, 2.75) is 39.5 Å². The maximum Gasteiger partial charge on any atom is 0.219 e. The Bertz CT molecular complexity index is 1210. The van der Waals surface area contributed by atoms with E-state index in [0.29, 0.717) is 56.6 Å². The molecule has 0 unspecified atom stereocenters. The second kappa shape index (κ2) is 12.3. The molecule has 9 nitrogen and oxygen atoms in total. The van der Waals surface area contributed by atoms with E-state index in [1.807, 2.05) is 73.4 Å². The largest absolute Gasteiger partial charge is 0.493 e. The Morgan fingerprint density at radius 3 is 2.50 bits per heavy atom. The first-order chi connectivity index (χ1) is 18.2. The van der Waals surface area contributed by atoms with Crippen LogP contribution in [-0.4, -0.2) is 82.7 Å². The number of benzene rings is 2. The van der Waals surface area contributed by atoms with Gasteiger partial charge in [-0.25, -0.2) is 0 Å². The minimum atomic E-state index is -1.22. The third kappa shape index (κ3) is 7.49. The third-order valence-corrected chi connectivity index (χ3v) is 6.64. The van der Waals surface area contributed by atoms with Crippen molar-refractivity contribution in [3.05, 3.63) is 71.5 Å². The molecule has 1 amide bonds. The summed E-state index contributed by atoms with van der Waals surface area (Å²) in [5.74, 6) is 1.95. The van der Waals surface area contributed by atoms with Crippen LogP contribution in [0.5, 0.6) is 17.2 Å². The number of aliphatic hydroxyl groups is 1.